The number of nitrogens with zero attached hydrogens (tertiary/aromatic N) is 1. The molecule has 1 aliphatic rings. The van der Waals surface area contributed by atoms with Crippen molar-refractivity contribution in [2.45, 2.75) is 32.9 Å². The van der Waals surface area contributed by atoms with E-state index in [-0.39, 0.29) is 36.9 Å². The molecule has 2 amide bonds. The molecule has 1 unspecified atom stereocenters. The number of rotatable bonds is 7. The Hall–Kier alpha value is -3.35. The SMILES string of the molecule is CC(C)NC(=O)C(C)N1C(=O)COc2ccc(C(=O)COc3ccccc3)cc21. The van der Waals surface area contributed by atoms with Crippen LogP contribution < -0.4 is 19.7 Å². The van der Waals surface area contributed by atoms with Crippen LogP contribution >= 0.6 is 0 Å². The Kier molecular flexibility index (Phi) is 6.16. The average Bonchev–Trinajstić information content (AvgIpc) is 2.71. The third kappa shape index (κ3) is 4.74. The zero-order valence-corrected chi connectivity index (χ0v) is 16.7. The quantitative estimate of drug-likeness (QED) is 0.727. The van der Waals surface area contributed by atoms with Crippen molar-refractivity contribution in [2.75, 3.05) is 18.1 Å². The van der Waals surface area contributed by atoms with E-state index in [0.29, 0.717) is 22.7 Å². The smallest absolute Gasteiger partial charge is 0.265 e. The zero-order valence-electron chi connectivity index (χ0n) is 16.7. The Morgan fingerprint density at radius 3 is 2.55 bits per heavy atom. The largest absolute Gasteiger partial charge is 0.485 e. The van der Waals surface area contributed by atoms with Crippen LogP contribution in [0.5, 0.6) is 11.5 Å². The maximum Gasteiger partial charge on any atom is 0.265 e. The van der Waals surface area contributed by atoms with Gasteiger partial charge < -0.3 is 14.8 Å². The highest BCUT2D eigenvalue weighted by molar-refractivity contribution is 6.05. The highest BCUT2D eigenvalue weighted by Gasteiger charge is 2.33. The van der Waals surface area contributed by atoms with Gasteiger partial charge in [0.15, 0.2) is 19.0 Å². The molecular weight excluding hydrogens is 372 g/mol. The van der Waals surface area contributed by atoms with Gasteiger partial charge in [-0.15, -0.1) is 0 Å². The first kappa shape index (κ1) is 20.4. The number of para-hydroxylation sites is 1. The normalized spacial score (nSPS) is 14.1. The van der Waals surface area contributed by atoms with E-state index in [4.69, 9.17) is 9.47 Å². The predicted octanol–water partition coefficient (Wildman–Crippen LogP) is 2.59. The molecule has 1 atom stereocenters. The van der Waals surface area contributed by atoms with Crippen LogP contribution in [0.15, 0.2) is 48.5 Å². The molecule has 3 rings (SSSR count). The van der Waals surface area contributed by atoms with Gasteiger partial charge in [-0.2, -0.15) is 0 Å². The van der Waals surface area contributed by atoms with E-state index >= 15 is 0 Å². The van der Waals surface area contributed by atoms with Gasteiger partial charge in [0.25, 0.3) is 5.91 Å². The molecule has 0 saturated heterocycles. The van der Waals surface area contributed by atoms with Crippen LogP contribution in [0.1, 0.15) is 31.1 Å². The number of Topliss-reactive ketones (excluding diaryl/α,β-unsaturated/α-hetero) is 1. The molecular formula is C22H24N2O5. The van der Waals surface area contributed by atoms with Gasteiger partial charge in [-0.1, -0.05) is 18.2 Å². The first-order chi connectivity index (χ1) is 13.9. The molecule has 152 valence electrons. The lowest BCUT2D eigenvalue weighted by molar-refractivity contribution is -0.127. The first-order valence-corrected chi connectivity index (χ1v) is 9.47. The number of carbonyl (C=O) groups is 3. The highest BCUT2D eigenvalue weighted by atomic mass is 16.5. The summed E-state index contributed by atoms with van der Waals surface area (Å²) in [7, 11) is 0. The van der Waals surface area contributed by atoms with Crippen molar-refractivity contribution < 1.29 is 23.9 Å². The summed E-state index contributed by atoms with van der Waals surface area (Å²) < 4.78 is 11.0. The Morgan fingerprint density at radius 1 is 1.14 bits per heavy atom. The van der Waals surface area contributed by atoms with E-state index in [1.807, 2.05) is 32.0 Å². The van der Waals surface area contributed by atoms with E-state index in [2.05, 4.69) is 5.32 Å². The predicted molar refractivity (Wildman–Crippen MR) is 108 cm³/mol. The summed E-state index contributed by atoms with van der Waals surface area (Å²) in [5, 5.41) is 2.81. The van der Waals surface area contributed by atoms with E-state index < -0.39 is 6.04 Å². The fourth-order valence-corrected chi connectivity index (χ4v) is 3.04. The lowest BCUT2D eigenvalue weighted by atomic mass is 10.1. The molecule has 1 aliphatic heterocycles. The summed E-state index contributed by atoms with van der Waals surface area (Å²) in [4.78, 5) is 38.9. The molecule has 1 heterocycles. The average molecular weight is 396 g/mol. The summed E-state index contributed by atoms with van der Waals surface area (Å²) in [6.07, 6.45) is 0. The van der Waals surface area contributed by atoms with Gasteiger partial charge in [0.2, 0.25) is 5.91 Å². The highest BCUT2D eigenvalue weighted by Crippen LogP contribution is 2.34. The Morgan fingerprint density at radius 2 is 1.86 bits per heavy atom. The summed E-state index contributed by atoms with van der Waals surface area (Å²) in [5.74, 6) is 0.195. The molecule has 0 aliphatic carbocycles. The van der Waals surface area contributed by atoms with E-state index in [0.717, 1.165) is 0 Å². The third-order valence-electron chi connectivity index (χ3n) is 4.47. The molecule has 1 N–H and O–H groups in total. The number of anilines is 1. The van der Waals surface area contributed by atoms with Gasteiger partial charge in [0.05, 0.1) is 5.69 Å². The molecule has 2 aromatic carbocycles. The second-order valence-corrected chi connectivity index (χ2v) is 7.10. The van der Waals surface area contributed by atoms with Crippen LogP contribution in [0.25, 0.3) is 0 Å². The minimum absolute atomic E-state index is 0.0522. The van der Waals surface area contributed by atoms with Crippen molar-refractivity contribution in [3.05, 3.63) is 54.1 Å². The van der Waals surface area contributed by atoms with Crippen LogP contribution in [0.3, 0.4) is 0 Å². The van der Waals surface area contributed by atoms with Crippen molar-refractivity contribution in [3.8, 4) is 11.5 Å². The molecule has 0 aromatic heterocycles. The number of ether oxygens (including phenoxy) is 2. The molecule has 0 bridgehead atoms. The number of fused-ring (bicyclic) bond motifs is 1. The van der Waals surface area contributed by atoms with Gasteiger partial charge in [-0.25, -0.2) is 0 Å². The van der Waals surface area contributed by atoms with Gasteiger partial charge in [-0.05, 0) is 51.1 Å². The van der Waals surface area contributed by atoms with Gasteiger partial charge in [0, 0.05) is 11.6 Å². The Balaban J connectivity index is 1.81. The minimum Gasteiger partial charge on any atom is -0.485 e. The molecule has 0 spiro atoms. The van der Waals surface area contributed by atoms with Crippen LogP contribution in [0.4, 0.5) is 5.69 Å². The topological polar surface area (TPSA) is 84.9 Å². The lowest BCUT2D eigenvalue weighted by Gasteiger charge is -2.33. The van der Waals surface area contributed by atoms with Crippen molar-refractivity contribution in [3.63, 3.8) is 0 Å². The van der Waals surface area contributed by atoms with Gasteiger partial charge >= 0.3 is 0 Å². The van der Waals surface area contributed by atoms with E-state index in [9.17, 15) is 14.4 Å². The molecule has 0 saturated carbocycles. The Bertz CT molecular complexity index is 911. The summed E-state index contributed by atoms with van der Waals surface area (Å²) in [6, 6.07) is 13.1. The fourth-order valence-electron chi connectivity index (χ4n) is 3.04. The molecule has 2 aromatic rings. The van der Waals surface area contributed by atoms with Crippen molar-refractivity contribution >= 4 is 23.3 Å². The van der Waals surface area contributed by atoms with Crippen molar-refractivity contribution in [1.82, 2.24) is 5.32 Å². The number of nitrogens with one attached hydrogen (secondary N) is 1. The fraction of sp³-hybridized carbons (Fsp3) is 0.318. The lowest BCUT2D eigenvalue weighted by Crippen LogP contribution is -2.52. The third-order valence-corrected chi connectivity index (χ3v) is 4.47. The number of benzene rings is 2. The first-order valence-electron chi connectivity index (χ1n) is 9.47. The van der Waals surface area contributed by atoms with Crippen molar-refractivity contribution in [1.29, 1.82) is 0 Å². The monoisotopic (exact) mass is 396 g/mol. The zero-order chi connectivity index (χ0) is 21.0. The van der Waals surface area contributed by atoms with Crippen molar-refractivity contribution in [2.24, 2.45) is 0 Å². The number of carbonyl (C=O) groups excluding carboxylic acids is 3. The maximum absolute atomic E-state index is 12.6. The van der Waals surface area contributed by atoms with E-state index in [1.165, 1.54) is 4.90 Å². The molecule has 7 nitrogen and oxygen atoms in total. The number of ketones is 1. The standard InChI is InChI=1S/C22H24N2O5/c1-14(2)23-22(27)15(3)24-18-11-16(9-10-20(18)29-13-21(24)26)19(25)12-28-17-7-5-4-6-8-17/h4-11,14-15H,12-13H2,1-3H3,(H,23,27). The number of hydrogen-bond donors (Lipinski definition) is 1. The molecule has 7 heteroatoms. The molecule has 0 radical (unpaired) electrons. The van der Waals surface area contributed by atoms with Gasteiger partial charge in [0.1, 0.15) is 17.5 Å². The maximum atomic E-state index is 12.6. The summed E-state index contributed by atoms with van der Waals surface area (Å²) in [5.41, 5.74) is 0.776. The second-order valence-electron chi connectivity index (χ2n) is 7.10. The van der Waals surface area contributed by atoms with Crippen LogP contribution in [0, 0.1) is 0 Å². The van der Waals surface area contributed by atoms with Crippen LogP contribution in [-0.2, 0) is 9.59 Å². The second kappa shape index (κ2) is 8.77. The van der Waals surface area contributed by atoms with E-state index in [1.54, 1.807) is 37.3 Å². The summed E-state index contributed by atoms with van der Waals surface area (Å²) in [6.45, 7) is 5.06. The summed E-state index contributed by atoms with van der Waals surface area (Å²) >= 11 is 0. The molecule has 29 heavy (non-hydrogen) atoms. The van der Waals surface area contributed by atoms with Crippen LogP contribution in [-0.4, -0.2) is 42.9 Å². The Labute approximate surface area is 169 Å². The van der Waals surface area contributed by atoms with Gasteiger partial charge in [-0.3, -0.25) is 19.3 Å². The number of amides is 2. The molecule has 0 fully saturated rings. The number of hydrogen-bond acceptors (Lipinski definition) is 5. The minimum atomic E-state index is -0.738. The van der Waals surface area contributed by atoms with Crippen LogP contribution in [0.2, 0.25) is 0 Å².